The molecule has 3 aromatic rings. The van der Waals surface area contributed by atoms with Crippen molar-refractivity contribution in [3.63, 3.8) is 0 Å². The predicted molar refractivity (Wildman–Crippen MR) is 95.0 cm³/mol. The van der Waals surface area contributed by atoms with Gasteiger partial charge in [-0.1, -0.05) is 35.0 Å². The van der Waals surface area contributed by atoms with Crippen LogP contribution in [0.3, 0.4) is 0 Å². The van der Waals surface area contributed by atoms with Crippen LogP contribution in [0.5, 0.6) is 0 Å². The van der Waals surface area contributed by atoms with Crippen LogP contribution in [0.15, 0.2) is 64.1 Å². The molecule has 0 bridgehead atoms. The first-order chi connectivity index (χ1) is 11.7. The zero-order valence-corrected chi connectivity index (χ0v) is 13.6. The highest BCUT2D eigenvalue weighted by atomic mass is 35.5. The Morgan fingerprint density at radius 2 is 1.88 bits per heavy atom. The quantitative estimate of drug-likeness (QED) is 0.548. The lowest BCUT2D eigenvalue weighted by molar-refractivity contribution is 0.380. The van der Waals surface area contributed by atoms with Crippen LogP contribution in [0, 0.1) is 0 Å². The van der Waals surface area contributed by atoms with E-state index in [1.165, 1.54) is 0 Å². The van der Waals surface area contributed by atoms with Crippen molar-refractivity contribution in [2.75, 3.05) is 11.9 Å². The molecule has 7 heteroatoms. The van der Waals surface area contributed by atoms with Crippen LogP contribution in [0.2, 0.25) is 5.02 Å². The van der Waals surface area contributed by atoms with E-state index in [-0.39, 0.29) is 0 Å². The molecule has 0 saturated heterocycles. The Balaban J connectivity index is 1.55. The smallest absolute Gasteiger partial charge is 0.228 e. The van der Waals surface area contributed by atoms with E-state index in [1.54, 1.807) is 12.1 Å². The molecule has 3 rings (SSSR count). The first kappa shape index (κ1) is 16.0. The van der Waals surface area contributed by atoms with Crippen LogP contribution in [0.4, 0.5) is 5.69 Å². The predicted octanol–water partition coefficient (Wildman–Crippen LogP) is 3.36. The Kier molecular flexibility index (Phi) is 5.08. The third kappa shape index (κ3) is 4.33. The summed E-state index contributed by atoms with van der Waals surface area (Å²) < 4.78 is 5.22. The van der Waals surface area contributed by atoms with E-state index in [0.29, 0.717) is 35.7 Å². The number of para-hydroxylation sites is 1. The van der Waals surface area contributed by atoms with Crippen molar-refractivity contribution in [1.82, 2.24) is 10.1 Å². The maximum absolute atomic E-state index is 5.86. The molecule has 0 amide bonds. The Hall–Kier alpha value is -2.86. The summed E-state index contributed by atoms with van der Waals surface area (Å²) in [5.74, 6) is 1.39. The van der Waals surface area contributed by atoms with Gasteiger partial charge in [0.15, 0.2) is 5.96 Å². The number of aromatic nitrogens is 2. The molecule has 0 aliphatic rings. The van der Waals surface area contributed by atoms with E-state index in [9.17, 15) is 0 Å². The zero-order chi connectivity index (χ0) is 16.8. The highest BCUT2D eigenvalue weighted by molar-refractivity contribution is 6.30. The van der Waals surface area contributed by atoms with Crippen molar-refractivity contribution in [2.45, 2.75) is 6.42 Å². The zero-order valence-electron chi connectivity index (χ0n) is 12.8. The van der Waals surface area contributed by atoms with E-state index in [2.05, 4.69) is 20.4 Å². The molecule has 122 valence electrons. The molecule has 24 heavy (non-hydrogen) atoms. The molecule has 0 radical (unpaired) electrons. The lowest BCUT2D eigenvalue weighted by Gasteiger charge is -2.04. The summed E-state index contributed by atoms with van der Waals surface area (Å²) >= 11 is 5.86. The fourth-order valence-corrected chi connectivity index (χ4v) is 2.18. The van der Waals surface area contributed by atoms with Gasteiger partial charge in [0.2, 0.25) is 11.7 Å². The summed E-state index contributed by atoms with van der Waals surface area (Å²) in [4.78, 5) is 8.59. The number of aliphatic imine (C=N–C) groups is 1. The van der Waals surface area contributed by atoms with Gasteiger partial charge in [0.05, 0.1) is 6.54 Å². The highest BCUT2D eigenvalue weighted by Crippen LogP contribution is 2.18. The molecule has 0 fully saturated rings. The number of halogens is 1. The Bertz CT molecular complexity index is 815. The van der Waals surface area contributed by atoms with Crippen molar-refractivity contribution in [1.29, 1.82) is 0 Å². The van der Waals surface area contributed by atoms with Crippen LogP contribution >= 0.6 is 11.6 Å². The molecular weight excluding hydrogens is 326 g/mol. The van der Waals surface area contributed by atoms with Gasteiger partial charge < -0.3 is 15.6 Å². The summed E-state index contributed by atoms with van der Waals surface area (Å²) in [6.45, 7) is 0.452. The molecule has 0 saturated carbocycles. The largest absolute Gasteiger partial charge is 0.370 e. The number of anilines is 1. The molecule has 3 N–H and O–H groups in total. The maximum Gasteiger partial charge on any atom is 0.228 e. The van der Waals surface area contributed by atoms with Crippen LogP contribution in [0.1, 0.15) is 5.89 Å². The van der Waals surface area contributed by atoms with Crippen LogP contribution < -0.4 is 11.1 Å². The lowest BCUT2D eigenvalue weighted by Crippen LogP contribution is -2.23. The van der Waals surface area contributed by atoms with Crippen molar-refractivity contribution < 1.29 is 4.52 Å². The number of nitrogens with zero attached hydrogens (tertiary/aromatic N) is 3. The van der Waals surface area contributed by atoms with Gasteiger partial charge in [0, 0.05) is 22.7 Å². The number of hydrogen-bond donors (Lipinski definition) is 2. The van der Waals surface area contributed by atoms with Crippen LogP contribution in [-0.4, -0.2) is 22.6 Å². The van der Waals surface area contributed by atoms with E-state index in [4.69, 9.17) is 21.9 Å². The third-order valence-corrected chi connectivity index (χ3v) is 3.48. The number of rotatable bonds is 5. The number of guanidine groups is 1. The molecule has 0 spiro atoms. The molecule has 0 unspecified atom stereocenters. The third-order valence-electron chi connectivity index (χ3n) is 3.22. The normalized spacial score (nSPS) is 11.5. The van der Waals surface area contributed by atoms with Crippen molar-refractivity contribution >= 4 is 23.2 Å². The van der Waals surface area contributed by atoms with Gasteiger partial charge in [0.1, 0.15) is 0 Å². The second kappa shape index (κ2) is 7.61. The SMILES string of the molecule is NC(=NCCc1nc(-c2ccc(Cl)cc2)no1)Nc1ccccc1. The first-order valence-electron chi connectivity index (χ1n) is 7.41. The Labute approximate surface area is 144 Å². The molecule has 6 nitrogen and oxygen atoms in total. The van der Waals surface area contributed by atoms with Gasteiger partial charge in [-0.05, 0) is 36.4 Å². The molecule has 0 atom stereocenters. The van der Waals surface area contributed by atoms with E-state index in [1.807, 2.05) is 42.5 Å². The fourth-order valence-electron chi connectivity index (χ4n) is 2.05. The monoisotopic (exact) mass is 341 g/mol. The van der Waals surface area contributed by atoms with Gasteiger partial charge in [0.25, 0.3) is 0 Å². The summed E-state index contributed by atoms with van der Waals surface area (Å²) in [6.07, 6.45) is 0.512. The summed E-state index contributed by atoms with van der Waals surface area (Å²) in [7, 11) is 0. The fraction of sp³-hybridized carbons (Fsp3) is 0.118. The minimum absolute atomic E-state index is 0.346. The van der Waals surface area contributed by atoms with Gasteiger partial charge in [-0.3, -0.25) is 4.99 Å². The molecule has 0 aliphatic heterocycles. The Morgan fingerprint density at radius 3 is 2.62 bits per heavy atom. The molecule has 1 aromatic heterocycles. The van der Waals surface area contributed by atoms with E-state index < -0.39 is 0 Å². The minimum atomic E-state index is 0.346. The maximum atomic E-state index is 5.86. The second-order valence-corrected chi connectivity index (χ2v) is 5.46. The molecule has 2 aromatic carbocycles. The summed E-state index contributed by atoms with van der Waals surface area (Å²) in [5.41, 5.74) is 7.58. The summed E-state index contributed by atoms with van der Waals surface area (Å²) in [6, 6.07) is 16.9. The molecule has 1 heterocycles. The average molecular weight is 342 g/mol. The first-order valence-corrected chi connectivity index (χ1v) is 7.79. The van der Waals surface area contributed by atoms with E-state index >= 15 is 0 Å². The molecular formula is C17H16ClN5O. The van der Waals surface area contributed by atoms with Gasteiger partial charge in [-0.25, -0.2) is 0 Å². The van der Waals surface area contributed by atoms with Crippen molar-refractivity contribution in [3.05, 3.63) is 65.5 Å². The van der Waals surface area contributed by atoms with E-state index in [0.717, 1.165) is 11.3 Å². The minimum Gasteiger partial charge on any atom is -0.370 e. The second-order valence-electron chi connectivity index (χ2n) is 5.03. The van der Waals surface area contributed by atoms with Gasteiger partial charge >= 0.3 is 0 Å². The van der Waals surface area contributed by atoms with Crippen molar-refractivity contribution in [3.8, 4) is 11.4 Å². The van der Waals surface area contributed by atoms with Gasteiger partial charge in [-0.2, -0.15) is 4.98 Å². The molecule has 0 aliphatic carbocycles. The Morgan fingerprint density at radius 1 is 1.12 bits per heavy atom. The number of nitrogens with two attached hydrogens (primary N) is 1. The van der Waals surface area contributed by atoms with Crippen LogP contribution in [0.25, 0.3) is 11.4 Å². The summed E-state index contributed by atoms with van der Waals surface area (Å²) in [5, 5.41) is 7.64. The van der Waals surface area contributed by atoms with Crippen LogP contribution in [-0.2, 0) is 6.42 Å². The average Bonchev–Trinajstić information content (AvgIpc) is 3.05. The highest BCUT2D eigenvalue weighted by Gasteiger charge is 2.08. The number of benzene rings is 2. The number of hydrogen-bond acceptors (Lipinski definition) is 4. The van der Waals surface area contributed by atoms with Crippen molar-refractivity contribution in [2.24, 2.45) is 10.7 Å². The topological polar surface area (TPSA) is 89.3 Å². The number of nitrogens with one attached hydrogen (secondary N) is 1. The van der Waals surface area contributed by atoms with Gasteiger partial charge in [-0.15, -0.1) is 0 Å². The standard InChI is InChI=1S/C17H16ClN5O/c18-13-8-6-12(7-9-13)16-22-15(24-23-16)10-11-20-17(19)21-14-4-2-1-3-5-14/h1-9H,10-11H2,(H3,19,20,21). The lowest BCUT2D eigenvalue weighted by atomic mass is 10.2.